The third-order valence-corrected chi connectivity index (χ3v) is 2.86. The van der Waals surface area contributed by atoms with Crippen molar-refractivity contribution in [2.45, 2.75) is 6.92 Å². The molecule has 0 unspecified atom stereocenters. The molecule has 0 N–H and O–H groups in total. The number of nitriles is 1. The Bertz CT molecular complexity index is 687. The molecule has 0 aliphatic heterocycles. The van der Waals surface area contributed by atoms with E-state index < -0.39 is 0 Å². The maximum Gasteiger partial charge on any atom is 0.169 e. The van der Waals surface area contributed by atoms with Crippen molar-refractivity contribution in [3.05, 3.63) is 53.1 Å². The van der Waals surface area contributed by atoms with Gasteiger partial charge in [0.1, 0.15) is 12.0 Å². The number of aryl methyl sites for hydroxylation is 1. The van der Waals surface area contributed by atoms with Crippen molar-refractivity contribution in [3.63, 3.8) is 0 Å². The van der Waals surface area contributed by atoms with E-state index in [0.717, 1.165) is 11.8 Å². The third kappa shape index (κ3) is 2.78. The zero-order valence-electron chi connectivity index (χ0n) is 11.2. The van der Waals surface area contributed by atoms with Crippen molar-refractivity contribution in [2.75, 3.05) is 7.11 Å². The van der Waals surface area contributed by atoms with Crippen LogP contribution in [0.15, 0.2) is 36.4 Å². The van der Waals surface area contributed by atoms with Gasteiger partial charge in [0, 0.05) is 11.6 Å². The largest absolute Gasteiger partial charge is 0.493 e. The number of ether oxygens (including phenoxy) is 2. The second-order valence-corrected chi connectivity index (χ2v) is 4.22. The van der Waals surface area contributed by atoms with Crippen LogP contribution in [0.25, 0.3) is 0 Å². The zero-order valence-corrected chi connectivity index (χ0v) is 11.2. The molecular weight excluding hydrogens is 254 g/mol. The van der Waals surface area contributed by atoms with Crippen molar-refractivity contribution in [1.29, 1.82) is 5.26 Å². The Hall–Kier alpha value is -2.80. The van der Waals surface area contributed by atoms with Crippen LogP contribution in [0.5, 0.6) is 17.2 Å². The monoisotopic (exact) mass is 267 g/mol. The number of carbonyl (C=O) groups excluding carboxylic acids is 1. The maximum absolute atomic E-state index is 10.8. The van der Waals surface area contributed by atoms with Gasteiger partial charge in [0.25, 0.3) is 0 Å². The molecule has 0 aliphatic carbocycles. The number of hydrogen-bond donors (Lipinski definition) is 0. The molecule has 2 aromatic carbocycles. The van der Waals surface area contributed by atoms with Crippen LogP contribution in [0.1, 0.15) is 21.5 Å². The second-order valence-electron chi connectivity index (χ2n) is 4.22. The first-order chi connectivity index (χ1) is 9.67. The van der Waals surface area contributed by atoms with Crippen LogP contribution in [-0.2, 0) is 0 Å². The van der Waals surface area contributed by atoms with Crippen molar-refractivity contribution in [2.24, 2.45) is 0 Å². The predicted octanol–water partition coefficient (Wildman–Crippen LogP) is 3.48. The van der Waals surface area contributed by atoms with Gasteiger partial charge in [0.15, 0.2) is 11.5 Å². The van der Waals surface area contributed by atoms with E-state index in [-0.39, 0.29) is 0 Å². The van der Waals surface area contributed by atoms with E-state index >= 15 is 0 Å². The Morgan fingerprint density at radius 1 is 1.10 bits per heavy atom. The summed E-state index contributed by atoms with van der Waals surface area (Å²) in [6.45, 7) is 1.89. The molecule has 0 spiro atoms. The molecule has 0 saturated heterocycles. The first-order valence-electron chi connectivity index (χ1n) is 5.99. The van der Waals surface area contributed by atoms with Gasteiger partial charge in [-0.15, -0.1) is 0 Å². The summed E-state index contributed by atoms with van der Waals surface area (Å²) in [5.74, 6) is 1.55. The standard InChI is InChI=1S/C16H13NO3/c1-11-3-4-13(10-18)8-15(11)20-14-6-5-12(9-17)7-16(14)19-2/h3-8,10H,1-2H3. The summed E-state index contributed by atoms with van der Waals surface area (Å²) in [6, 6.07) is 12.2. The van der Waals surface area contributed by atoms with Gasteiger partial charge in [-0.2, -0.15) is 5.26 Å². The fourth-order valence-corrected chi connectivity index (χ4v) is 1.74. The van der Waals surface area contributed by atoms with E-state index in [1.165, 1.54) is 7.11 Å². The van der Waals surface area contributed by atoms with Gasteiger partial charge in [-0.3, -0.25) is 4.79 Å². The van der Waals surface area contributed by atoms with Crippen LogP contribution in [0, 0.1) is 18.3 Å². The Balaban J connectivity index is 2.39. The lowest BCUT2D eigenvalue weighted by atomic mass is 10.1. The van der Waals surface area contributed by atoms with Crippen LogP contribution in [0.3, 0.4) is 0 Å². The van der Waals surface area contributed by atoms with Gasteiger partial charge < -0.3 is 9.47 Å². The number of benzene rings is 2. The molecule has 20 heavy (non-hydrogen) atoms. The summed E-state index contributed by atoms with van der Waals surface area (Å²) in [6.07, 6.45) is 0.766. The van der Waals surface area contributed by atoms with Gasteiger partial charge in [-0.25, -0.2) is 0 Å². The summed E-state index contributed by atoms with van der Waals surface area (Å²) in [4.78, 5) is 10.8. The molecule has 100 valence electrons. The lowest BCUT2D eigenvalue weighted by Crippen LogP contribution is -1.94. The van der Waals surface area contributed by atoms with Crippen molar-refractivity contribution in [3.8, 4) is 23.3 Å². The van der Waals surface area contributed by atoms with Crippen molar-refractivity contribution >= 4 is 6.29 Å². The highest BCUT2D eigenvalue weighted by atomic mass is 16.5. The van der Waals surface area contributed by atoms with E-state index in [9.17, 15) is 4.79 Å². The molecule has 0 aliphatic rings. The molecule has 0 bridgehead atoms. The lowest BCUT2D eigenvalue weighted by molar-refractivity contribution is 0.112. The number of carbonyl (C=O) groups is 1. The van der Waals surface area contributed by atoms with Crippen LogP contribution in [-0.4, -0.2) is 13.4 Å². The molecule has 0 fully saturated rings. The Labute approximate surface area is 117 Å². The fraction of sp³-hybridized carbons (Fsp3) is 0.125. The Kier molecular flexibility index (Phi) is 4.02. The first kappa shape index (κ1) is 13.6. The van der Waals surface area contributed by atoms with E-state index in [2.05, 4.69) is 0 Å². The maximum atomic E-state index is 10.8. The van der Waals surface area contributed by atoms with Gasteiger partial charge in [-0.05, 0) is 30.7 Å². The molecule has 0 heterocycles. The SMILES string of the molecule is COc1cc(C#N)ccc1Oc1cc(C=O)ccc1C. The van der Waals surface area contributed by atoms with Crippen LogP contribution < -0.4 is 9.47 Å². The fourth-order valence-electron chi connectivity index (χ4n) is 1.74. The number of methoxy groups -OCH3 is 1. The topological polar surface area (TPSA) is 59.3 Å². The molecule has 2 rings (SSSR count). The number of aldehydes is 1. The average Bonchev–Trinajstić information content (AvgIpc) is 2.49. The normalized spacial score (nSPS) is 9.65. The minimum absolute atomic E-state index is 0.472. The molecule has 0 atom stereocenters. The summed E-state index contributed by atoms with van der Waals surface area (Å²) in [5, 5.41) is 8.87. The zero-order chi connectivity index (χ0) is 14.5. The molecule has 4 nitrogen and oxygen atoms in total. The predicted molar refractivity (Wildman–Crippen MR) is 74.3 cm³/mol. The number of hydrogen-bond acceptors (Lipinski definition) is 4. The highest BCUT2D eigenvalue weighted by molar-refractivity contribution is 5.76. The minimum Gasteiger partial charge on any atom is -0.493 e. The average molecular weight is 267 g/mol. The van der Waals surface area contributed by atoms with Crippen LogP contribution >= 0.6 is 0 Å². The smallest absolute Gasteiger partial charge is 0.169 e. The molecule has 0 aromatic heterocycles. The summed E-state index contributed by atoms with van der Waals surface area (Å²) >= 11 is 0. The van der Waals surface area contributed by atoms with E-state index in [1.54, 1.807) is 30.3 Å². The van der Waals surface area contributed by atoms with Crippen LogP contribution in [0.4, 0.5) is 0 Å². The van der Waals surface area contributed by atoms with Gasteiger partial charge in [0.05, 0.1) is 18.7 Å². The van der Waals surface area contributed by atoms with Gasteiger partial charge in [0.2, 0.25) is 0 Å². The molecule has 0 saturated carbocycles. The molecule has 2 aromatic rings. The van der Waals surface area contributed by atoms with E-state index in [4.69, 9.17) is 14.7 Å². The van der Waals surface area contributed by atoms with Crippen molar-refractivity contribution in [1.82, 2.24) is 0 Å². The Morgan fingerprint density at radius 3 is 2.55 bits per heavy atom. The van der Waals surface area contributed by atoms with Crippen molar-refractivity contribution < 1.29 is 14.3 Å². The number of rotatable bonds is 4. The highest BCUT2D eigenvalue weighted by Gasteiger charge is 2.09. The molecular formula is C16H13NO3. The minimum atomic E-state index is 0.472. The summed E-state index contributed by atoms with van der Waals surface area (Å²) < 4.78 is 11.0. The summed E-state index contributed by atoms with van der Waals surface area (Å²) in [5.41, 5.74) is 1.94. The van der Waals surface area contributed by atoms with Gasteiger partial charge in [-0.1, -0.05) is 12.1 Å². The van der Waals surface area contributed by atoms with E-state index in [0.29, 0.717) is 28.4 Å². The second kappa shape index (κ2) is 5.89. The Morgan fingerprint density at radius 2 is 1.90 bits per heavy atom. The quantitative estimate of drug-likeness (QED) is 0.796. The van der Waals surface area contributed by atoms with Crippen LogP contribution in [0.2, 0.25) is 0 Å². The lowest BCUT2D eigenvalue weighted by Gasteiger charge is -2.12. The molecule has 0 radical (unpaired) electrons. The highest BCUT2D eigenvalue weighted by Crippen LogP contribution is 2.33. The third-order valence-electron chi connectivity index (χ3n) is 2.86. The molecule has 0 amide bonds. The van der Waals surface area contributed by atoms with E-state index in [1.807, 2.05) is 19.1 Å². The number of nitrogens with zero attached hydrogens (tertiary/aromatic N) is 1. The van der Waals surface area contributed by atoms with Gasteiger partial charge >= 0.3 is 0 Å². The summed E-state index contributed by atoms with van der Waals surface area (Å²) in [7, 11) is 1.51. The first-order valence-corrected chi connectivity index (χ1v) is 5.99. The molecule has 4 heteroatoms.